The van der Waals surface area contributed by atoms with Crippen LogP contribution < -0.4 is 5.32 Å². The molecule has 1 aliphatic heterocycles. The standard InChI is InChI=1S/C18H24N4O2/c23-18(19-15-5-6-15)8-4-13-2-1-9-22(11-13)12-14-3-7-16-17(10-14)21-24-20-16/h3,7,10,13,15H,1-2,4-6,8-9,11-12H2,(H,19,23)/t13-/m1/s1. The SMILES string of the molecule is O=C(CC[C@H]1CCCN(Cc2ccc3nonc3c2)C1)NC1CC1. The van der Waals surface area contributed by atoms with Crippen LogP contribution in [0.2, 0.25) is 0 Å². The lowest BCUT2D eigenvalue weighted by Gasteiger charge is -2.32. The Bertz CT molecular complexity index is 710. The van der Waals surface area contributed by atoms with Crippen LogP contribution in [0.15, 0.2) is 22.8 Å². The average molecular weight is 328 g/mol. The predicted octanol–water partition coefficient (Wildman–Crippen LogP) is 2.49. The first-order valence-electron chi connectivity index (χ1n) is 8.99. The van der Waals surface area contributed by atoms with E-state index in [-0.39, 0.29) is 5.91 Å². The molecule has 1 atom stereocenters. The number of likely N-dealkylation sites (tertiary alicyclic amines) is 1. The third kappa shape index (κ3) is 3.93. The molecule has 4 rings (SSSR count). The van der Waals surface area contributed by atoms with Crippen LogP contribution >= 0.6 is 0 Å². The minimum atomic E-state index is 0.235. The van der Waals surface area contributed by atoms with Crippen LogP contribution in [0.1, 0.15) is 44.1 Å². The molecule has 6 nitrogen and oxygen atoms in total. The maximum Gasteiger partial charge on any atom is 0.220 e. The van der Waals surface area contributed by atoms with E-state index in [1.165, 1.54) is 18.4 Å². The van der Waals surface area contributed by atoms with Crippen LogP contribution in [0.25, 0.3) is 11.0 Å². The third-order valence-corrected chi connectivity index (χ3v) is 5.05. The van der Waals surface area contributed by atoms with Crippen molar-refractivity contribution in [2.45, 2.75) is 51.1 Å². The minimum absolute atomic E-state index is 0.235. The number of hydrogen-bond donors (Lipinski definition) is 1. The van der Waals surface area contributed by atoms with E-state index < -0.39 is 0 Å². The zero-order valence-corrected chi connectivity index (χ0v) is 13.9. The van der Waals surface area contributed by atoms with Crippen molar-refractivity contribution in [1.82, 2.24) is 20.5 Å². The first-order valence-corrected chi connectivity index (χ1v) is 8.99. The normalized spacial score (nSPS) is 21.9. The lowest BCUT2D eigenvalue weighted by Crippen LogP contribution is -2.35. The number of nitrogens with one attached hydrogen (secondary N) is 1. The number of fused-ring (bicyclic) bond motifs is 1. The van der Waals surface area contributed by atoms with Crippen LogP contribution in [0.4, 0.5) is 0 Å². The smallest absolute Gasteiger partial charge is 0.220 e. The second-order valence-electron chi connectivity index (χ2n) is 7.21. The molecule has 0 spiro atoms. The summed E-state index contributed by atoms with van der Waals surface area (Å²) in [5, 5.41) is 10.8. The monoisotopic (exact) mass is 328 g/mol. The van der Waals surface area contributed by atoms with Crippen molar-refractivity contribution in [3.05, 3.63) is 23.8 Å². The van der Waals surface area contributed by atoms with Gasteiger partial charge < -0.3 is 5.32 Å². The van der Waals surface area contributed by atoms with E-state index in [1.54, 1.807) is 0 Å². The number of hydrogen-bond acceptors (Lipinski definition) is 5. The molecule has 0 unspecified atom stereocenters. The van der Waals surface area contributed by atoms with Gasteiger partial charge >= 0.3 is 0 Å². The first-order chi connectivity index (χ1) is 11.8. The fourth-order valence-electron chi connectivity index (χ4n) is 3.58. The van der Waals surface area contributed by atoms with E-state index in [2.05, 4.69) is 32.7 Å². The van der Waals surface area contributed by atoms with E-state index in [9.17, 15) is 4.79 Å². The Morgan fingerprint density at radius 2 is 2.12 bits per heavy atom. The quantitative estimate of drug-likeness (QED) is 0.882. The summed E-state index contributed by atoms with van der Waals surface area (Å²) in [4.78, 5) is 14.3. The molecule has 1 aromatic carbocycles. The largest absolute Gasteiger partial charge is 0.353 e. The topological polar surface area (TPSA) is 71.3 Å². The van der Waals surface area contributed by atoms with Gasteiger partial charge in [-0.1, -0.05) is 6.07 Å². The Morgan fingerprint density at radius 1 is 1.25 bits per heavy atom. The van der Waals surface area contributed by atoms with Crippen LogP contribution in [0.5, 0.6) is 0 Å². The Labute approximate surface area is 141 Å². The van der Waals surface area contributed by atoms with E-state index in [0.717, 1.165) is 49.9 Å². The number of rotatable bonds is 6. The molecule has 1 amide bonds. The highest BCUT2D eigenvalue weighted by atomic mass is 16.6. The van der Waals surface area contributed by atoms with Gasteiger partial charge in [0.2, 0.25) is 5.91 Å². The Kier molecular flexibility index (Phi) is 4.47. The number of nitrogens with zero attached hydrogens (tertiary/aromatic N) is 3. The molecule has 2 aromatic rings. The maximum atomic E-state index is 11.9. The molecule has 2 aliphatic rings. The first kappa shape index (κ1) is 15.6. The third-order valence-electron chi connectivity index (χ3n) is 5.05. The molecule has 2 fully saturated rings. The Morgan fingerprint density at radius 3 is 3.00 bits per heavy atom. The summed E-state index contributed by atoms with van der Waals surface area (Å²) in [5.41, 5.74) is 2.86. The summed E-state index contributed by atoms with van der Waals surface area (Å²) in [6, 6.07) is 6.59. The molecule has 6 heteroatoms. The molecule has 1 saturated heterocycles. The van der Waals surface area contributed by atoms with Crippen LogP contribution in [0.3, 0.4) is 0 Å². The predicted molar refractivity (Wildman–Crippen MR) is 90.2 cm³/mol. The molecule has 1 aromatic heterocycles. The van der Waals surface area contributed by atoms with Gasteiger partial charge in [0, 0.05) is 25.6 Å². The number of amides is 1. The van der Waals surface area contributed by atoms with Crippen molar-refractivity contribution in [2.24, 2.45) is 5.92 Å². The highest BCUT2D eigenvalue weighted by molar-refractivity contribution is 5.76. The van der Waals surface area contributed by atoms with E-state index >= 15 is 0 Å². The van der Waals surface area contributed by atoms with Crippen molar-refractivity contribution in [1.29, 1.82) is 0 Å². The number of benzene rings is 1. The molecule has 128 valence electrons. The van der Waals surface area contributed by atoms with Gasteiger partial charge in [-0.05, 0) is 72.6 Å². The van der Waals surface area contributed by atoms with E-state index in [0.29, 0.717) is 18.4 Å². The van der Waals surface area contributed by atoms with Gasteiger partial charge in [-0.2, -0.15) is 0 Å². The number of aromatic nitrogens is 2. The van der Waals surface area contributed by atoms with Gasteiger partial charge in [0.05, 0.1) is 0 Å². The molecular formula is C18H24N4O2. The highest BCUT2D eigenvalue weighted by Gasteiger charge is 2.25. The van der Waals surface area contributed by atoms with Crippen molar-refractivity contribution >= 4 is 16.9 Å². The number of piperidine rings is 1. The molecule has 1 saturated carbocycles. The second kappa shape index (κ2) is 6.89. The minimum Gasteiger partial charge on any atom is -0.353 e. The van der Waals surface area contributed by atoms with Crippen molar-refractivity contribution in [3.63, 3.8) is 0 Å². The fraction of sp³-hybridized carbons (Fsp3) is 0.611. The molecular weight excluding hydrogens is 304 g/mol. The summed E-state index contributed by atoms with van der Waals surface area (Å²) < 4.78 is 4.76. The summed E-state index contributed by atoms with van der Waals surface area (Å²) in [5.74, 6) is 0.861. The number of carbonyl (C=O) groups is 1. The summed E-state index contributed by atoms with van der Waals surface area (Å²) >= 11 is 0. The van der Waals surface area contributed by atoms with Gasteiger partial charge in [0.15, 0.2) is 0 Å². The van der Waals surface area contributed by atoms with Gasteiger partial charge in [0.25, 0.3) is 0 Å². The fourth-order valence-corrected chi connectivity index (χ4v) is 3.58. The zero-order valence-electron chi connectivity index (χ0n) is 13.9. The van der Waals surface area contributed by atoms with Gasteiger partial charge in [0.1, 0.15) is 11.0 Å². The van der Waals surface area contributed by atoms with Crippen molar-refractivity contribution < 1.29 is 9.42 Å². The van der Waals surface area contributed by atoms with E-state index in [4.69, 9.17) is 4.63 Å². The second-order valence-corrected chi connectivity index (χ2v) is 7.21. The maximum absolute atomic E-state index is 11.9. The molecule has 0 radical (unpaired) electrons. The Hall–Kier alpha value is -1.95. The Balaban J connectivity index is 1.28. The van der Waals surface area contributed by atoms with E-state index in [1.807, 2.05) is 6.07 Å². The molecule has 24 heavy (non-hydrogen) atoms. The van der Waals surface area contributed by atoms with Gasteiger partial charge in [-0.15, -0.1) is 0 Å². The highest BCUT2D eigenvalue weighted by Crippen LogP contribution is 2.24. The number of carbonyl (C=O) groups excluding carboxylic acids is 1. The van der Waals surface area contributed by atoms with Crippen molar-refractivity contribution in [2.75, 3.05) is 13.1 Å². The summed E-state index contributed by atoms with van der Waals surface area (Å²) in [6.07, 6.45) is 6.44. The van der Waals surface area contributed by atoms with Crippen molar-refractivity contribution in [3.8, 4) is 0 Å². The van der Waals surface area contributed by atoms with Crippen LogP contribution in [0, 0.1) is 5.92 Å². The van der Waals surface area contributed by atoms with Gasteiger partial charge in [-0.3, -0.25) is 9.69 Å². The molecule has 1 aliphatic carbocycles. The molecule has 0 bridgehead atoms. The molecule has 1 N–H and O–H groups in total. The molecule has 2 heterocycles. The van der Waals surface area contributed by atoms with Crippen LogP contribution in [-0.4, -0.2) is 40.3 Å². The average Bonchev–Trinajstić information content (AvgIpc) is 3.27. The lowest BCUT2D eigenvalue weighted by atomic mass is 9.93. The zero-order chi connectivity index (χ0) is 16.4. The summed E-state index contributed by atoms with van der Waals surface area (Å²) in [7, 11) is 0. The van der Waals surface area contributed by atoms with Crippen LogP contribution in [-0.2, 0) is 11.3 Å². The van der Waals surface area contributed by atoms with Gasteiger partial charge in [-0.25, -0.2) is 4.63 Å². The lowest BCUT2D eigenvalue weighted by molar-refractivity contribution is -0.121. The summed E-state index contributed by atoms with van der Waals surface area (Å²) in [6.45, 7) is 3.12.